The molecule has 2 aromatic rings. The van der Waals surface area contributed by atoms with Gasteiger partial charge in [0.1, 0.15) is 11.9 Å². The molecule has 0 unspecified atom stereocenters. The number of ether oxygens (including phenoxy) is 1. The lowest BCUT2D eigenvalue weighted by Gasteiger charge is -2.26. The highest BCUT2D eigenvalue weighted by atomic mass is 35.5. The Balaban J connectivity index is 1.80. The van der Waals surface area contributed by atoms with Crippen molar-refractivity contribution in [1.29, 1.82) is 0 Å². The molecule has 106 valence electrons. The lowest BCUT2D eigenvalue weighted by Crippen LogP contribution is -2.45. The van der Waals surface area contributed by atoms with Crippen molar-refractivity contribution in [2.75, 3.05) is 17.2 Å². The zero-order chi connectivity index (χ0) is 14.3. The molecule has 0 atom stereocenters. The molecule has 0 aliphatic carbocycles. The van der Waals surface area contributed by atoms with Gasteiger partial charge in [-0.05, 0) is 17.7 Å². The van der Waals surface area contributed by atoms with Gasteiger partial charge in [0.15, 0.2) is 9.84 Å². The van der Waals surface area contributed by atoms with E-state index in [1.54, 1.807) is 18.2 Å². The van der Waals surface area contributed by atoms with Crippen LogP contribution in [0.4, 0.5) is 5.88 Å². The largest absolute Gasteiger partial charge is 0.487 e. The second kappa shape index (κ2) is 4.68. The smallest absolute Gasteiger partial charge is 0.229 e. The first-order chi connectivity index (χ1) is 9.44. The number of nitrogen functional groups attached to an aromatic ring is 1. The highest BCUT2D eigenvalue weighted by molar-refractivity contribution is 7.92. The third-order valence-corrected chi connectivity index (χ3v) is 5.07. The molecule has 2 heterocycles. The predicted molar refractivity (Wildman–Crippen MR) is 74.4 cm³/mol. The number of halogens is 1. The molecule has 0 saturated carbocycles. The maximum absolute atomic E-state index is 11.1. The molecule has 6 nitrogen and oxygen atoms in total. The number of hydrogen-bond acceptors (Lipinski definition) is 6. The van der Waals surface area contributed by atoms with Crippen molar-refractivity contribution >= 4 is 27.3 Å². The molecule has 20 heavy (non-hydrogen) atoms. The van der Waals surface area contributed by atoms with Crippen molar-refractivity contribution in [3.63, 3.8) is 0 Å². The van der Waals surface area contributed by atoms with Gasteiger partial charge in [-0.2, -0.15) is 0 Å². The van der Waals surface area contributed by atoms with Crippen LogP contribution in [0.1, 0.15) is 0 Å². The highest BCUT2D eigenvalue weighted by Crippen LogP contribution is 2.34. The van der Waals surface area contributed by atoms with E-state index in [1.807, 2.05) is 0 Å². The zero-order valence-electron chi connectivity index (χ0n) is 10.2. The quantitative estimate of drug-likeness (QED) is 0.927. The topological polar surface area (TPSA) is 95.4 Å². The van der Waals surface area contributed by atoms with Crippen LogP contribution in [0, 0.1) is 0 Å². The van der Waals surface area contributed by atoms with E-state index in [1.165, 1.54) is 6.20 Å². The Labute approximate surface area is 120 Å². The van der Waals surface area contributed by atoms with Gasteiger partial charge in [0, 0.05) is 0 Å². The van der Waals surface area contributed by atoms with Gasteiger partial charge in [-0.15, -0.1) is 0 Å². The van der Waals surface area contributed by atoms with E-state index in [9.17, 15) is 8.42 Å². The predicted octanol–water partition coefficient (Wildman–Crippen LogP) is 1.75. The summed E-state index contributed by atoms with van der Waals surface area (Å²) in [6.45, 7) is 0. The van der Waals surface area contributed by atoms with Crippen molar-refractivity contribution in [3.8, 4) is 16.9 Å². The number of nitrogens with zero attached hydrogens (tertiary/aromatic N) is 1. The average Bonchev–Trinajstić information content (AvgIpc) is 2.76. The van der Waals surface area contributed by atoms with E-state index in [0.29, 0.717) is 16.3 Å². The molecule has 1 saturated heterocycles. The van der Waals surface area contributed by atoms with Gasteiger partial charge in [-0.1, -0.05) is 22.8 Å². The summed E-state index contributed by atoms with van der Waals surface area (Å²) in [5.41, 5.74) is 7.03. The summed E-state index contributed by atoms with van der Waals surface area (Å²) in [6.07, 6.45) is 1.17. The molecule has 3 rings (SSSR count). The van der Waals surface area contributed by atoms with Crippen molar-refractivity contribution < 1.29 is 17.7 Å². The summed E-state index contributed by atoms with van der Waals surface area (Å²) in [5.74, 6) is 0.720. The number of rotatable bonds is 3. The van der Waals surface area contributed by atoms with Crippen LogP contribution in [0.2, 0.25) is 5.02 Å². The lowest BCUT2D eigenvalue weighted by atomic mass is 10.1. The van der Waals surface area contributed by atoms with Gasteiger partial charge in [-0.25, -0.2) is 8.42 Å². The first-order valence-electron chi connectivity index (χ1n) is 5.82. The van der Waals surface area contributed by atoms with E-state index in [2.05, 4.69) is 5.16 Å². The number of hydrogen-bond donors (Lipinski definition) is 1. The maximum Gasteiger partial charge on any atom is 0.229 e. The molecule has 1 aromatic carbocycles. The first-order valence-corrected chi connectivity index (χ1v) is 8.02. The van der Waals surface area contributed by atoms with E-state index in [0.717, 1.165) is 5.56 Å². The fourth-order valence-electron chi connectivity index (χ4n) is 1.99. The van der Waals surface area contributed by atoms with Crippen LogP contribution < -0.4 is 10.5 Å². The number of aromatic nitrogens is 1. The van der Waals surface area contributed by atoms with Crippen molar-refractivity contribution in [2.45, 2.75) is 6.10 Å². The third-order valence-electron chi connectivity index (χ3n) is 3.01. The van der Waals surface area contributed by atoms with Gasteiger partial charge in [0.25, 0.3) is 0 Å². The molecule has 1 fully saturated rings. The Morgan fingerprint density at radius 2 is 2.15 bits per heavy atom. The Morgan fingerprint density at radius 3 is 2.70 bits per heavy atom. The van der Waals surface area contributed by atoms with Crippen LogP contribution in [-0.4, -0.2) is 31.2 Å². The Morgan fingerprint density at radius 1 is 1.40 bits per heavy atom. The Kier molecular flexibility index (Phi) is 3.10. The van der Waals surface area contributed by atoms with Crippen LogP contribution in [0.5, 0.6) is 5.75 Å². The minimum atomic E-state index is -2.92. The lowest BCUT2D eigenvalue weighted by molar-refractivity contribution is 0.230. The maximum atomic E-state index is 11.1. The van der Waals surface area contributed by atoms with Gasteiger partial charge in [0.05, 0.1) is 28.3 Å². The van der Waals surface area contributed by atoms with Gasteiger partial charge >= 0.3 is 0 Å². The summed E-state index contributed by atoms with van der Waals surface area (Å²) >= 11 is 6.13. The summed E-state index contributed by atoms with van der Waals surface area (Å²) in [7, 11) is -2.92. The van der Waals surface area contributed by atoms with E-state index >= 15 is 0 Å². The molecule has 2 N–H and O–H groups in total. The molecule has 1 aromatic heterocycles. The van der Waals surface area contributed by atoms with E-state index < -0.39 is 9.84 Å². The number of sulfone groups is 1. The standard InChI is InChI=1S/C12H11ClN2O4S/c13-10-3-7(9-4-15-19-12(9)14)1-2-11(10)18-8-5-20(16,17)6-8/h1-4,8H,5-6,14H2. The zero-order valence-corrected chi connectivity index (χ0v) is 11.8. The van der Waals surface area contributed by atoms with Crippen LogP contribution in [0.25, 0.3) is 11.1 Å². The van der Waals surface area contributed by atoms with Gasteiger partial charge < -0.3 is 15.0 Å². The average molecular weight is 315 g/mol. The highest BCUT2D eigenvalue weighted by Gasteiger charge is 2.35. The summed E-state index contributed by atoms with van der Waals surface area (Å²) in [5, 5.41) is 3.98. The summed E-state index contributed by atoms with van der Waals surface area (Å²) in [4.78, 5) is 0. The SMILES string of the molecule is Nc1oncc1-c1ccc(OC2CS(=O)(=O)C2)c(Cl)c1. The molecule has 0 amide bonds. The normalized spacial score (nSPS) is 17.6. The Hall–Kier alpha value is -1.73. The molecule has 0 radical (unpaired) electrons. The molecule has 0 bridgehead atoms. The summed E-state index contributed by atoms with van der Waals surface area (Å²) in [6, 6.07) is 5.11. The first kappa shape index (κ1) is 13.3. The third kappa shape index (κ3) is 2.46. The monoisotopic (exact) mass is 314 g/mol. The van der Waals surface area contributed by atoms with Crippen LogP contribution in [-0.2, 0) is 9.84 Å². The number of benzene rings is 1. The molecule has 1 aliphatic heterocycles. The van der Waals surface area contributed by atoms with Crippen LogP contribution >= 0.6 is 11.6 Å². The minimum absolute atomic E-state index is 0.0314. The van der Waals surface area contributed by atoms with Gasteiger partial charge in [0.2, 0.25) is 5.88 Å². The second-order valence-electron chi connectivity index (χ2n) is 4.57. The van der Waals surface area contributed by atoms with E-state index in [-0.39, 0.29) is 23.5 Å². The molecule has 1 aliphatic rings. The van der Waals surface area contributed by atoms with Crippen molar-refractivity contribution in [2.24, 2.45) is 0 Å². The number of anilines is 1. The van der Waals surface area contributed by atoms with E-state index in [4.69, 9.17) is 26.6 Å². The fraction of sp³-hybridized carbons (Fsp3) is 0.250. The molecular weight excluding hydrogens is 304 g/mol. The summed E-state index contributed by atoms with van der Waals surface area (Å²) < 4.78 is 32.5. The Bertz CT molecular complexity index is 745. The van der Waals surface area contributed by atoms with Crippen LogP contribution in [0.3, 0.4) is 0 Å². The van der Waals surface area contributed by atoms with Crippen molar-refractivity contribution in [1.82, 2.24) is 5.16 Å². The number of nitrogens with two attached hydrogens (primary N) is 1. The molecule has 8 heteroatoms. The van der Waals surface area contributed by atoms with Crippen LogP contribution in [0.15, 0.2) is 28.9 Å². The minimum Gasteiger partial charge on any atom is -0.487 e. The van der Waals surface area contributed by atoms with Gasteiger partial charge in [-0.3, -0.25) is 0 Å². The molecular formula is C12H11ClN2O4S. The second-order valence-corrected chi connectivity index (χ2v) is 7.13. The van der Waals surface area contributed by atoms with Crippen molar-refractivity contribution in [3.05, 3.63) is 29.4 Å². The fourth-order valence-corrected chi connectivity index (χ4v) is 3.39. The molecule has 0 spiro atoms.